The number of aldehydes is 1. The van der Waals surface area contributed by atoms with Gasteiger partial charge in [0.25, 0.3) is 5.91 Å². The van der Waals surface area contributed by atoms with Crippen molar-refractivity contribution in [2.45, 2.75) is 13.8 Å². The maximum atomic E-state index is 12.2. The van der Waals surface area contributed by atoms with Gasteiger partial charge < -0.3 is 4.74 Å². The molecule has 0 saturated carbocycles. The van der Waals surface area contributed by atoms with Crippen molar-refractivity contribution in [2.75, 3.05) is 12.0 Å². The highest BCUT2D eigenvalue weighted by molar-refractivity contribution is 5.89. The molecule has 0 bridgehead atoms. The standard InChI is InChI=1S/C19H18N2O3/c1-13-10-16(11-22)14(2)21(13)20-19(23)12-24-18-9-5-7-15-6-3-4-8-17(15)18/h3-11H,12H2,1-2H3,(H,20,23). The molecule has 1 amide bonds. The fourth-order valence-electron chi connectivity index (χ4n) is 2.70. The third-order valence-corrected chi connectivity index (χ3v) is 3.94. The molecule has 1 heterocycles. The number of amides is 1. The summed E-state index contributed by atoms with van der Waals surface area (Å²) >= 11 is 0. The first kappa shape index (κ1) is 15.8. The summed E-state index contributed by atoms with van der Waals surface area (Å²) in [4.78, 5) is 23.1. The van der Waals surface area contributed by atoms with E-state index >= 15 is 0 Å². The van der Waals surface area contributed by atoms with Gasteiger partial charge in [-0.15, -0.1) is 0 Å². The minimum Gasteiger partial charge on any atom is -0.483 e. The number of fused-ring (bicyclic) bond motifs is 1. The fourth-order valence-corrected chi connectivity index (χ4v) is 2.70. The highest BCUT2D eigenvalue weighted by Gasteiger charge is 2.12. The summed E-state index contributed by atoms with van der Waals surface area (Å²) in [6.07, 6.45) is 0.775. The number of carbonyl (C=O) groups is 2. The largest absolute Gasteiger partial charge is 0.483 e. The van der Waals surface area contributed by atoms with E-state index in [4.69, 9.17) is 4.74 Å². The topological polar surface area (TPSA) is 60.3 Å². The molecule has 2 aromatic carbocycles. The Morgan fingerprint density at radius 2 is 1.92 bits per heavy atom. The summed E-state index contributed by atoms with van der Waals surface area (Å²) in [5.41, 5.74) is 4.78. The van der Waals surface area contributed by atoms with Gasteiger partial charge in [0.15, 0.2) is 12.9 Å². The van der Waals surface area contributed by atoms with Crippen molar-refractivity contribution in [3.05, 3.63) is 65.5 Å². The number of aromatic nitrogens is 1. The van der Waals surface area contributed by atoms with Gasteiger partial charge in [-0.2, -0.15) is 0 Å². The normalized spacial score (nSPS) is 10.6. The van der Waals surface area contributed by atoms with Crippen LogP contribution in [0.3, 0.4) is 0 Å². The molecule has 0 spiro atoms. The predicted octanol–water partition coefficient (Wildman–Crippen LogP) is 3.22. The van der Waals surface area contributed by atoms with E-state index in [1.54, 1.807) is 17.7 Å². The van der Waals surface area contributed by atoms with Gasteiger partial charge in [-0.3, -0.25) is 19.7 Å². The number of rotatable bonds is 5. The smallest absolute Gasteiger partial charge is 0.276 e. The van der Waals surface area contributed by atoms with Gasteiger partial charge in [-0.1, -0.05) is 36.4 Å². The first-order valence-electron chi connectivity index (χ1n) is 7.64. The van der Waals surface area contributed by atoms with E-state index in [-0.39, 0.29) is 12.5 Å². The van der Waals surface area contributed by atoms with Crippen LogP contribution in [-0.4, -0.2) is 23.5 Å². The molecular formula is C19H18N2O3. The maximum absolute atomic E-state index is 12.2. The molecule has 5 nitrogen and oxygen atoms in total. The van der Waals surface area contributed by atoms with E-state index in [1.165, 1.54) is 0 Å². The van der Waals surface area contributed by atoms with Crippen molar-refractivity contribution in [3.63, 3.8) is 0 Å². The minimum absolute atomic E-state index is 0.110. The lowest BCUT2D eigenvalue weighted by Crippen LogP contribution is -2.29. The lowest BCUT2D eigenvalue weighted by molar-refractivity contribution is -0.119. The number of carbonyl (C=O) groups excluding carboxylic acids is 2. The first-order chi connectivity index (χ1) is 11.6. The zero-order valence-electron chi connectivity index (χ0n) is 13.6. The van der Waals surface area contributed by atoms with Crippen LogP contribution in [0.15, 0.2) is 48.5 Å². The number of nitrogens with zero attached hydrogens (tertiary/aromatic N) is 1. The van der Waals surface area contributed by atoms with Gasteiger partial charge in [0, 0.05) is 22.3 Å². The molecule has 3 aromatic rings. The Kier molecular flexibility index (Phi) is 4.33. The van der Waals surface area contributed by atoms with Crippen LogP contribution in [0.4, 0.5) is 0 Å². The van der Waals surface area contributed by atoms with Crippen molar-refractivity contribution in [2.24, 2.45) is 0 Å². The Morgan fingerprint density at radius 1 is 1.17 bits per heavy atom. The average molecular weight is 322 g/mol. The second kappa shape index (κ2) is 6.58. The van der Waals surface area contributed by atoms with Crippen LogP contribution in [-0.2, 0) is 4.79 Å². The quantitative estimate of drug-likeness (QED) is 0.734. The molecule has 0 saturated heterocycles. The number of nitrogens with one attached hydrogen (secondary N) is 1. The first-order valence-corrected chi connectivity index (χ1v) is 7.64. The second-order valence-electron chi connectivity index (χ2n) is 5.58. The predicted molar refractivity (Wildman–Crippen MR) is 93.1 cm³/mol. The van der Waals surface area contributed by atoms with E-state index in [9.17, 15) is 9.59 Å². The molecule has 0 aliphatic rings. The molecule has 3 rings (SSSR count). The average Bonchev–Trinajstić information content (AvgIpc) is 2.87. The second-order valence-corrected chi connectivity index (χ2v) is 5.58. The molecule has 122 valence electrons. The summed E-state index contributed by atoms with van der Waals surface area (Å²) in [5, 5.41) is 2.02. The van der Waals surface area contributed by atoms with Gasteiger partial charge in [0.1, 0.15) is 5.75 Å². The van der Waals surface area contributed by atoms with Crippen molar-refractivity contribution in [1.82, 2.24) is 4.68 Å². The Hall–Kier alpha value is -3.08. The number of hydrogen-bond acceptors (Lipinski definition) is 3. The van der Waals surface area contributed by atoms with Gasteiger partial charge in [-0.25, -0.2) is 0 Å². The van der Waals surface area contributed by atoms with E-state index in [0.29, 0.717) is 17.0 Å². The number of benzene rings is 2. The summed E-state index contributed by atoms with van der Waals surface area (Å²) in [7, 11) is 0. The van der Waals surface area contributed by atoms with Crippen molar-refractivity contribution in [1.29, 1.82) is 0 Å². The van der Waals surface area contributed by atoms with Crippen LogP contribution >= 0.6 is 0 Å². The third-order valence-electron chi connectivity index (χ3n) is 3.94. The Balaban J connectivity index is 1.72. The van der Waals surface area contributed by atoms with Crippen molar-refractivity contribution < 1.29 is 14.3 Å². The summed E-state index contributed by atoms with van der Waals surface area (Å²) < 4.78 is 7.27. The molecule has 0 atom stereocenters. The molecule has 0 radical (unpaired) electrons. The molecule has 1 N–H and O–H groups in total. The van der Waals surface area contributed by atoms with Crippen molar-refractivity contribution >= 4 is 23.0 Å². The molecule has 0 aliphatic carbocycles. The van der Waals surface area contributed by atoms with Crippen LogP contribution in [0, 0.1) is 13.8 Å². The van der Waals surface area contributed by atoms with Gasteiger partial charge in [0.05, 0.1) is 0 Å². The lowest BCUT2D eigenvalue weighted by atomic mass is 10.1. The molecule has 0 unspecified atom stereocenters. The van der Waals surface area contributed by atoms with Crippen molar-refractivity contribution in [3.8, 4) is 5.75 Å². The van der Waals surface area contributed by atoms with Crippen LogP contribution in [0.25, 0.3) is 10.8 Å². The number of aryl methyl sites for hydroxylation is 1. The summed E-state index contributed by atoms with van der Waals surface area (Å²) in [6, 6.07) is 15.3. The third kappa shape index (κ3) is 3.01. The molecule has 1 aromatic heterocycles. The SMILES string of the molecule is Cc1cc(C=O)c(C)n1NC(=O)COc1cccc2ccccc12. The highest BCUT2D eigenvalue weighted by atomic mass is 16.5. The van der Waals surface area contributed by atoms with Gasteiger partial charge >= 0.3 is 0 Å². The Labute approximate surface area is 139 Å². The Morgan fingerprint density at radius 3 is 2.67 bits per heavy atom. The summed E-state index contributed by atoms with van der Waals surface area (Å²) in [5.74, 6) is 0.375. The Bertz CT molecular complexity index is 907. The molecule has 5 heteroatoms. The van der Waals surface area contributed by atoms with Crippen LogP contribution < -0.4 is 10.2 Å². The number of hydrogen-bond donors (Lipinski definition) is 1. The number of ether oxygens (including phenoxy) is 1. The van der Waals surface area contributed by atoms with Crippen LogP contribution in [0.5, 0.6) is 5.75 Å². The van der Waals surface area contributed by atoms with E-state index in [1.807, 2.05) is 49.4 Å². The molecular weight excluding hydrogens is 304 g/mol. The zero-order valence-corrected chi connectivity index (χ0v) is 13.6. The molecule has 24 heavy (non-hydrogen) atoms. The van der Waals surface area contributed by atoms with E-state index < -0.39 is 0 Å². The maximum Gasteiger partial charge on any atom is 0.276 e. The van der Waals surface area contributed by atoms with E-state index in [0.717, 1.165) is 22.8 Å². The van der Waals surface area contributed by atoms with Gasteiger partial charge in [-0.05, 0) is 31.4 Å². The molecule has 0 fully saturated rings. The highest BCUT2D eigenvalue weighted by Crippen LogP contribution is 2.25. The van der Waals surface area contributed by atoms with Crippen LogP contribution in [0.1, 0.15) is 21.7 Å². The minimum atomic E-state index is -0.290. The fraction of sp³-hybridized carbons (Fsp3) is 0.158. The lowest BCUT2D eigenvalue weighted by Gasteiger charge is -2.13. The molecule has 0 aliphatic heterocycles. The van der Waals surface area contributed by atoms with E-state index in [2.05, 4.69) is 5.43 Å². The van der Waals surface area contributed by atoms with Crippen LogP contribution in [0.2, 0.25) is 0 Å². The van der Waals surface area contributed by atoms with Gasteiger partial charge in [0.2, 0.25) is 0 Å². The summed E-state index contributed by atoms with van der Waals surface area (Å²) in [6.45, 7) is 3.50. The monoisotopic (exact) mass is 322 g/mol. The zero-order chi connectivity index (χ0) is 17.1.